The normalized spacial score (nSPS) is 11.8. The van der Waals surface area contributed by atoms with E-state index in [2.05, 4.69) is 0 Å². The number of rotatable bonds is 7. The summed E-state index contributed by atoms with van der Waals surface area (Å²) in [6.07, 6.45) is -4.89. The predicted octanol–water partition coefficient (Wildman–Crippen LogP) is 6.13. The Morgan fingerprint density at radius 1 is 0.727 bits per heavy atom. The average molecular weight is 342 g/mol. The summed E-state index contributed by atoms with van der Waals surface area (Å²) < 4.78 is 37.7. The molecule has 0 heterocycles. The van der Waals surface area contributed by atoms with Crippen LogP contribution in [0.3, 0.4) is 0 Å². The molecule has 5 heteroatoms. The third-order valence-corrected chi connectivity index (χ3v) is 5.85. The summed E-state index contributed by atoms with van der Waals surface area (Å²) in [6.45, 7) is 0. The van der Waals surface area contributed by atoms with Crippen LogP contribution < -0.4 is 0 Å². The van der Waals surface area contributed by atoms with E-state index in [1.54, 1.807) is 0 Å². The van der Waals surface area contributed by atoms with Crippen LogP contribution in [0.4, 0.5) is 13.2 Å². The summed E-state index contributed by atoms with van der Waals surface area (Å²) in [6, 6.07) is 19.2. The molecule has 0 N–H and O–H groups in total. The quantitative estimate of drug-likeness (QED) is 0.555. The number of halogens is 3. The number of benzene rings is 2. The van der Waals surface area contributed by atoms with E-state index in [1.165, 1.54) is 23.5 Å². The highest BCUT2D eigenvalue weighted by molar-refractivity contribution is 8.16. The lowest BCUT2D eigenvalue weighted by atomic mass is 10.2. The summed E-state index contributed by atoms with van der Waals surface area (Å²) in [4.78, 5) is 0. The van der Waals surface area contributed by atoms with Crippen LogP contribution in [-0.2, 0) is 11.5 Å². The standard InChI is InChI=1S/C17H17F3S2/c18-17(19,20)11-16(21-12-14-7-3-1-4-8-14)22-13-15-9-5-2-6-10-15/h1-10,16H,11-13H2. The van der Waals surface area contributed by atoms with Crippen molar-refractivity contribution >= 4 is 23.5 Å². The van der Waals surface area contributed by atoms with Gasteiger partial charge >= 0.3 is 6.18 Å². The van der Waals surface area contributed by atoms with Crippen LogP contribution >= 0.6 is 23.5 Å². The molecule has 0 bridgehead atoms. The van der Waals surface area contributed by atoms with Gasteiger partial charge in [-0.2, -0.15) is 13.2 Å². The van der Waals surface area contributed by atoms with Crippen LogP contribution in [-0.4, -0.2) is 10.8 Å². The minimum Gasteiger partial charge on any atom is -0.171 e. The molecule has 118 valence electrons. The van der Waals surface area contributed by atoms with Crippen molar-refractivity contribution in [2.24, 2.45) is 0 Å². The third-order valence-electron chi connectivity index (χ3n) is 2.96. The van der Waals surface area contributed by atoms with Crippen molar-refractivity contribution in [3.63, 3.8) is 0 Å². The predicted molar refractivity (Wildman–Crippen MR) is 89.9 cm³/mol. The van der Waals surface area contributed by atoms with Crippen molar-refractivity contribution in [1.29, 1.82) is 0 Å². The minimum absolute atomic E-state index is 0.486. The van der Waals surface area contributed by atoms with E-state index < -0.39 is 17.2 Å². The molecule has 0 amide bonds. The smallest absolute Gasteiger partial charge is 0.171 e. The molecule has 0 aliphatic heterocycles. The lowest BCUT2D eigenvalue weighted by Gasteiger charge is -2.18. The maximum atomic E-state index is 12.7. The molecule has 0 radical (unpaired) electrons. The molecule has 0 nitrogen and oxygen atoms in total. The van der Waals surface area contributed by atoms with Gasteiger partial charge in [-0.15, -0.1) is 23.5 Å². The van der Waals surface area contributed by atoms with Gasteiger partial charge in [0.05, 0.1) is 11.0 Å². The molecule has 2 aromatic carbocycles. The van der Waals surface area contributed by atoms with Crippen LogP contribution in [0.15, 0.2) is 60.7 Å². The second-order valence-corrected chi connectivity index (χ2v) is 7.52. The van der Waals surface area contributed by atoms with Crippen molar-refractivity contribution in [2.45, 2.75) is 28.7 Å². The van der Waals surface area contributed by atoms with Crippen LogP contribution in [0.1, 0.15) is 17.5 Å². The molecule has 0 unspecified atom stereocenters. The van der Waals surface area contributed by atoms with Gasteiger partial charge in [-0.05, 0) is 11.1 Å². The first-order chi connectivity index (χ1) is 10.5. The highest BCUT2D eigenvalue weighted by Gasteiger charge is 2.32. The highest BCUT2D eigenvalue weighted by Crippen LogP contribution is 2.37. The maximum absolute atomic E-state index is 12.7. The molecule has 0 aliphatic rings. The van der Waals surface area contributed by atoms with Gasteiger partial charge in [-0.1, -0.05) is 60.7 Å². The van der Waals surface area contributed by atoms with E-state index in [-0.39, 0.29) is 0 Å². The fourth-order valence-electron chi connectivity index (χ4n) is 1.88. The Morgan fingerprint density at radius 3 is 1.50 bits per heavy atom. The molecule has 0 atom stereocenters. The SMILES string of the molecule is FC(F)(F)CC(SCc1ccccc1)SCc1ccccc1. The van der Waals surface area contributed by atoms with Gasteiger partial charge < -0.3 is 0 Å². The molecule has 2 aromatic rings. The number of hydrogen-bond donors (Lipinski definition) is 0. The topological polar surface area (TPSA) is 0 Å². The fraction of sp³-hybridized carbons (Fsp3) is 0.294. The Bertz CT molecular complexity index is 497. The van der Waals surface area contributed by atoms with E-state index in [9.17, 15) is 13.2 Å². The Hall–Kier alpha value is -1.07. The van der Waals surface area contributed by atoms with Gasteiger partial charge in [-0.3, -0.25) is 0 Å². The maximum Gasteiger partial charge on any atom is 0.390 e. The van der Waals surface area contributed by atoms with Crippen LogP contribution in [0.5, 0.6) is 0 Å². The van der Waals surface area contributed by atoms with Gasteiger partial charge in [0.1, 0.15) is 0 Å². The zero-order valence-corrected chi connectivity index (χ0v) is 13.6. The number of alkyl halides is 3. The molecule has 0 spiro atoms. The van der Waals surface area contributed by atoms with Crippen LogP contribution in [0, 0.1) is 0 Å². The minimum atomic E-state index is -4.13. The van der Waals surface area contributed by atoms with Crippen LogP contribution in [0.2, 0.25) is 0 Å². The van der Waals surface area contributed by atoms with Crippen molar-refractivity contribution < 1.29 is 13.2 Å². The Morgan fingerprint density at radius 2 is 1.14 bits per heavy atom. The summed E-state index contributed by atoms with van der Waals surface area (Å²) in [5.74, 6) is 1.20. The molecule has 0 aromatic heterocycles. The van der Waals surface area contributed by atoms with Gasteiger partial charge in [0, 0.05) is 11.5 Å². The molecule has 0 fully saturated rings. The molecule has 22 heavy (non-hydrogen) atoms. The van der Waals surface area contributed by atoms with Gasteiger partial charge in [0.15, 0.2) is 0 Å². The van der Waals surface area contributed by atoms with E-state index in [0.717, 1.165) is 11.1 Å². The summed E-state index contributed by atoms with van der Waals surface area (Å²) in [7, 11) is 0. The second kappa shape index (κ2) is 8.53. The van der Waals surface area contributed by atoms with Gasteiger partial charge in [0.25, 0.3) is 0 Å². The Balaban J connectivity index is 1.90. The molecule has 0 saturated heterocycles. The lowest BCUT2D eigenvalue weighted by Crippen LogP contribution is -2.15. The molecule has 2 rings (SSSR count). The van der Waals surface area contributed by atoms with Crippen molar-refractivity contribution in [3.05, 3.63) is 71.8 Å². The van der Waals surface area contributed by atoms with Crippen molar-refractivity contribution in [3.8, 4) is 0 Å². The first-order valence-corrected chi connectivity index (χ1v) is 9.00. The van der Waals surface area contributed by atoms with Crippen LogP contribution in [0.25, 0.3) is 0 Å². The largest absolute Gasteiger partial charge is 0.390 e. The fourth-order valence-corrected chi connectivity index (χ4v) is 4.43. The number of thioether (sulfide) groups is 2. The zero-order chi connectivity index (χ0) is 15.8. The van der Waals surface area contributed by atoms with Gasteiger partial charge in [-0.25, -0.2) is 0 Å². The number of hydrogen-bond acceptors (Lipinski definition) is 2. The third kappa shape index (κ3) is 6.79. The molecular weight excluding hydrogens is 325 g/mol. The Kier molecular flexibility index (Phi) is 6.70. The second-order valence-electron chi connectivity index (χ2n) is 4.84. The first kappa shape index (κ1) is 17.3. The Labute approximate surface area is 137 Å². The van der Waals surface area contributed by atoms with E-state index in [1.807, 2.05) is 60.7 Å². The van der Waals surface area contributed by atoms with Gasteiger partial charge in [0.2, 0.25) is 0 Å². The van der Waals surface area contributed by atoms with E-state index in [0.29, 0.717) is 11.5 Å². The van der Waals surface area contributed by atoms with E-state index in [4.69, 9.17) is 0 Å². The van der Waals surface area contributed by atoms with Crippen molar-refractivity contribution in [2.75, 3.05) is 0 Å². The average Bonchev–Trinajstić information content (AvgIpc) is 2.51. The molecular formula is C17H17F3S2. The summed E-state index contributed by atoms with van der Waals surface area (Å²) in [5, 5.41) is 0. The summed E-state index contributed by atoms with van der Waals surface area (Å²) in [5.41, 5.74) is 2.11. The molecule has 0 saturated carbocycles. The monoisotopic (exact) mass is 342 g/mol. The van der Waals surface area contributed by atoms with E-state index >= 15 is 0 Å². The highest BCUT2D eigenvalue weighted by atomic mass is 32.2. The lowest BCUT2D eigenvalue weighted by molar-refractivity contribution is -0.131. The van der Waals surface area contributed by atoms with Crippen molar-refractivity contribution in [1.82, 2.24) is 0 Å². The first-order valence-electron chi connectivity index (χ1n) is 6.91. The zero-order valence-electron chi connectivity index (χ0n) is 11.9. The summed E-state index contributed by atoms with van der Waals surface area (Å²) >= 11 is 2.73. The molecule has 0 aliphatic carbocycles.